The monoisotopic (exact) mass is 348 g/mol. The number of nitrogens with one attached hydrogen (secondary N) is 1. The zero-order valence-electron chi connectivity index (χ0n) is 15.8. The number of amides is 1. The van der Waals surface area contributed by atoms with Crippen LogP contribution < -0.4 is 5.32 Å². The molecule has 6 nitrogen and oxygen atoms in total. The molecule has 2 aliphatic rings. The third kappa shape index (κ3) is 3.90. The van der Waals surface area contributed by atoms with Gasteiger partial charge in [0.05, 0.1) is 24.0 Å². The van der Waals surface area contributed by atoms with Crippen LogP contribution in [0.15, 0.2) is 12.5 Å². The minimum atomic E-state index is -0.277. The Balaban J connectivity index is 1.62. The highest BCUT2D eigenvalue weighted by Gasteiger charge is 2.46. The Kier molecular flexibility index (Phi) is 5.79. The van der Waals surface area contributed by atoms with E-state index in [9.17, 15) is 4.79 Å². The highest BCUT2D eigenvalue weighted by Crippen LogP contribution is 2.41. The summed E-state index contributed by atoms with van der Waals surface area (Å²) < 4.78 is 7.40. The van der Waals surface area contributed by atoms with E-state index in [1.165, 1.54) is 5.69 Å². The fraction of sp³-hybridized carbons (Fsp3) is 0.789. The van der Waals surface area contributed by atoms with Crippen molar-refractivity contribution in [2.75, 3.05) is 26.8 Å². The largest absolute Gasteiger partial charge is 0.384 e. The lowest BCUT2D eigenvalue weighted by Gasteiger charge is -2.40. The third-order valence-corrected chi connectivity index (χ3v) is 6.01. The SMILES string of the molecule is CCC[C@H]1CN(Cc2cncn2C)C[C@@H]1NC(=O)C1(COC)CCC1. The first-order chi connectivity index (χ1) is 12.1. The molecule has 2 atom stereocenters. The normalized spacial score (nSPS) is 25.7. The molecule has 1 N–H and O–H groups in total. The lowest BCUT2D eigenvalue weighted by atomic mass is 9.68. The van der Waals surface area contributed by atoms with Crippen molar-refractivity contribution >= 4 is 5.91 Å². The Morgan fingerprint density at radius 1 is 1.44 bits per heavy atom. The lowest BCUT2D eigenvalue weighted by molar-refractivity contribution is -0.141. The number of aryl methyl sites for hydroxylation is 1. The van der Waals surface area contributed by atoms with Crippen molar-refractivity contribution < 1.29 is 9.53 Å². The summed E-state index contributed by atoms with van der Waals surface area (Å²) in [6.07, 6.45) is 9.13. The van der Waals surface area contributed by atoms with E-state index in [0.717, 1.165) is 51.7 Å². The van der Waals surface area contributed by atoms with Crippen molar-refractivity contribution in [1.29, 1.82) is 0 Å². The summed E-state index contributed by atoms with van der Waals surface area (Å²) in [6, 6.07) is 0.245. The number of ether oxygens (including phenoxy) is 1. The van der Waals surface area contributed by atoms with E-state index in [4.69, 9.17) is 4.74 Å². The van der Waals surface area contributed by atoms with Crippen LogP contribution in [0.25, 0.3) is 0 Å². The summed E-state index contributed by atoms with van der Waals surface area (Å²) in [5.41, 5.74) is 0.943. The third-order valence-electron chi connectivity index (χ3n) is 6.01. The average Bonchev–Trinajstić information content (AvgIpc) is 3.11. The van der Waals surface area contributed by atoms with E-state index < -0.39 is 0 Å². The van der Waals surface area contributed by atoms with Gasteiger partial charge in [0.1, 0.15) is 0 Å². The maximum atomic E-state index is 12.9. The van der Waals surface area contributed by atoms with E-state index in [-0.39, 0.29) is 17.4 Å². The zero-order chi connectivity index (χ0) is 17.9. The molecule has 2 heterocycles. The molecule has 25 heavy (non-hydrogen) atoms. The fourth-order valence-corrected chi connectivity index (χ4v) is 4.32. The fourth-order valence-electron chi connectivity index (χ4n) is 4.32. The molecular weight excluding hydrogens is 316 g/mol. The molecule has 0 radical (unpaired) electrons. The van der Waals surface area contributed by atoms with Crippen molar-refractivity contribution in [3.8, 4) is 0 Å². The van der Waals surface area contributed by atoms with Gasteiger partial charge in [-0.05, 0) is 25.2 Å². The number of methoxy groups -OCH3 is 1. The number of aromatic nitrogens is 2. The molecule has 1 amide bonds. The molecule has 1 aromatic heterocycles. The minimum absolute atomic E-state index is 0.203. The number of hydrogen-bond donors (Lipinski definition) is 1. The molecule has 1 aliphatic carbocycles. The van der Waals surface area contributed by atoms with Gasteiger partial charge in [0.25, 0.3) is 0 Å². The van der Waals surface area contributed by atoms with Gasteiger partial charge in [-0.1, -0.05) is 19.8 Å². The average molecular weight is 348 g/mol. The van der Waals surface area contributed by atoms with Gasteiger partial charge in [-0.3, -0.25) is 9.69 Å². The highest BCUT2D eigenvalue weighted by molar-refractivity contribution is 5.84. The summed E-state index contributed by atoms with van der Waals surface area (Å²) >= 11 is 0. The van der Waals surface area contributed by atoms with Crippen molar-refractivity contribution in [2.45, 2.75) is 51.6 Å². The van der Waals surface area contributed by atoms with Crippen molar-refractivity contribution in [1.82, 2.24) is 19.8 Å². The first-order valence-electron chi connectivity index (χ1n) is 9.55. The molecule has 0 unspecified atom stereocenters. The molecule has 140 valence electrons. The zero-order valence-corrected chi connectivity index (χ0v) is 15.8. The van der Waals surface area contributed by atoms with Gasteiger partial charge in [0, 0.05) is 46.0 Å². The van der Waals surface area contributed by atoms with Gasteiger partial charge in [0.2, 0.25) is 5.91 Å². The second-order valence-electron chi connectivity index (χ2n) is 7.89. The molecule has 1 aliphatic heterocycles. The molecule has 6 heteroatoms. The van der Waals surface area contributed by atoms with Crippen LogP contribution in [0, 0.1) is 11.3 Å². The molecule has 0 spiro atoms. The smallest absolute Gasteiger partial charge is 0.228 e. The number of carbonyl (C=O) groups excluding carboxylic acids is 1. The molecule has 1 saturated heterocycles. The summed E-state index contributed by atoms with van der Waals surface area (Å²) in [6.45, 7) is 5.63. The van der Waals surface area contributed by atoms with Crippen LogP contribution in [0.3, 0.4) is 0 Å². The van der Waals surface area contributed by atoms with E-state index in [2.05, 4.69) is 26.7 Å². The van der Waals surface area contributed by atoms with Crippen LogP contribution in [-0.4, -0.2) is 53.2 Å². The molecular formula is C19H32N4O2. The standard InChI is InChI=1S/C19H32N4O2/c1-4-6-15-10-23(11-16-9-20-14-22(16)2)12-17(15)21-18(24)19(13-25-3)7-5-8-19/h9,14-15,17H,4-8,10-13H2,1-3H3,(H,21,24)/t15-,17-/m0/s1. The molecule has 0 aromatic carbocycles. The molecule has 1 aromatic rings. The summed E-state index contributed by atoms with van der Waals surface area (Å²) in [5, 5.41) is 3.38. The number of rotatable bonds is 8. The van der Waals surface area contributed by atoms with Crippen LogP contribution >= 0.6 is 0 Å². The van der Waals surface area contributed by atoms with E-state index in [0.29, 0.717) is 12.5 Å². The maximum absolute atomic E-state index is 12.9. The number of carbonyl (C=O) groups is 1. The van der Waals surface area contributed by atoms with Gasteiger partial charge >= 0.3 is 0 Å². The second-order valence-corrected chi connectivity index (χ2v) is 7.89. The Morgan fingerprint density at radius 3 is 2.80 bits per heavy atom. The van der Waals surface area contributed by atoms with Gasteiger partial charge in [-0.2, -0.15) is 0 Å². The number of hydrogen-bond acceptors (Lipinski definition) is 4. The first-order valence-corrected chi connectivity index (χ1v) is 9.55. The Hall–Kier alpha value is -1.40. The lowest BCUT2D eigenvalue weighted by Crippen LogP contribution is -2.53. The van der Waals surface area contributed by atoms with Crippen LogP contribution in [0.4, 0.5) is 0 Å². The molecule has 0 bridgehead atoms. The van der Waals surface area contributed by atoms with Gasteiger partial charge in [-0.25, -0.2) is 4.98 Å². The summed E-state index contributed by atoms with van der Waals surface area (Å²) in [4.78, 5) is 19.6. The maximum Gasteiger partial charge on any atom is 0.228 e. The number of likely N-dealkylation sites (tertiary alicyclic amines) is 1. The first kappa shape index (κ1) is 18.4. The topological polar surface area (TPSA) is 59.4 Å². The van der Waals surface area contributed by atoms with Crippen LogP contribution in [0.2, 0.25) is 0 Å². The van der Waals surface area contributed by atoms with E-state index in [1.54, 1.807) is 7.11 Å². The predicted molar refractivity (Wildman–Crippen MR) is 97.0 cm³/mol. The highest BCUT2D eigenvalue weighted by atomic mass is 16.5. The van der Waals surface area contributed by atoms with Crippen molar-refractivity contribution in [3.63, 3.8) is 0 Å². The number of nitrogens with zero attached hydrogens (tertiary/aromatic N) is 3. The minimum Gasteiger partial charge on any atom is -0.384 e. The quantitative estimate of drug-likeness (QED) is 0.780. The Labute approximate surface area is 150 Å². The Morgan fingerprint density at radius 2 is 2.24 bits per heavy atom. The van der Waals surface area contributed by atoms with Crippen LogP contribution in [0.1, 0.15) is 44.7 Å². The summed E-state index contributed by atoms with van der Waals surface area (Å²) in [7, 11) is 3.73. The van der Waals surface area contributed by atoms with E-state index >= 15 is 0 Å². The molecule has 3 rings (SSSR count). The van der Waals surface area contributed by atoms with E-state index in [1.807, 2.05) is 19.6 Å². The van der Waals surface area contributed by atoms with Gasteiger partial charge in [-0.15, -0.1) is 0 Å². The van der Waals surface area contributed by atoms with Crippen molar-refractivity contribution in [2.24, 2.45) is 18.4 Å². The molecule has 1 saturated carbocycles. The van der Waals surface area contributed by atoms with Crippen LogP contribution in [-0.2, 0) is 23.1 Å². The molecule has 2 fully saturated rings. The predicted octanol–water partition coefficient (Wildman–Crippen LogP) is 1.95. The van der Waals surface area contributed by atoms with Gasteiger partial charge in [0.15, 0.2) is 0 Å². The summed E-state index contributed by atoms with van der Waals surface area (Å²) in [5.74, 6) is 0.732. The Bertz CT molecular complexity index is 582. The van der Waals surface area contributed by atoms with Crippen molar-refractivity contribution in [3.05, 3.63) is 18.2 Å². The number of imidazole rings is 1. The second kappa shape index (κ2) is 7.87. The van der Waals surface area contributed by atoms with Gasteiger partial charge < -0.3 is 14.6 Å². The van der Waals surface area contributed by atoms with Crippen LogP contribution in [0.5, 0.6) is 0 Å².